The molecule has 0 saturated heterocycles. The molecule has 0 aromatic heterocycles. The summed E-state index contributed by atoms with van der Waals surface area (Å²) in [4.78, 5) is 0. The highest BCUT2D eigenvalue weighted by Gasteiger charge is 2.16. The predicted octanol–water partition coefficient (Wildman–Crippen LogP) is 2.32. The largest absolute Gasteiger partial charge is 0.493 e. The second-order valence-corrected chi connectivity index (χ2v) is 7.63. The van der Waals surface area contributed by atoms with Crippen molar-refractivity contribution in [3.05, 3.63) is 22.2 Å². The van der Waals surface area contributed by atoms with Crippen LogP contribution >= 0.6 is 15.9 Å². The van der Waals surface area contributed by atoms with Crippen LogP contribution in [0.1, 0.15) is 24.5 Å². The van der Waals surface area contributed by atoms with Crippen LogP contribution in [0.3, 0.4) is 0 Å². The fraction of sp³-hybridized carbons (Fsp3) is 0.538. The summed E-state index contributed by atoms with van der Waals surface area (Å²) < 4.78 is 33.2. The molecule has 1 unspecified atom stereocenters. The lowest BCUT2D eigenvalue weighted by molar-refractivity contribution is 0.165. The summed E-state index contributed by atoms with van der Waals surface area (Å²) in [5, 5.41) is 10.2. The Morgan fingerprint density at radius 1 is 1.25 bits per heavy atom. The molecule has 0 saturated carbocycles. The van der Waals surface area contributed by atoms with Gasteiger partial charge < -0.3 is 14.6 Å². The fourth-order valence-corrected chi connectivity index (χ4v) is 3.10. The highest BCUT2D eigenvalue weighted by atomic mass is 79.9. The number of aliphatic hydroxyl groups is 1. The Hall–Kier alpha value is -0.790. The zero-order valence-electron chi connectivity index (χ0n) is 11.7. The van der Waals surface area contributed by atoms with Crippen molar-refractivity contribution in [3.63, 3.8) is 0 Å². The standard InChI is InChI=1S/C13H19BrO5S/c1-18-12-7-9(10(14)8-13(12)19-2)11(15)5-4-6-20(3,16)17/h7-8,11,15H,4-6H2,1-3H3. The number of benzene rings is 1. The van der Waals surface area contributed by atoms with Crippen molar-refractivity contribution < 1.29 is 23.0 Å². The van der Waals surface area contributed by atoms with Crippen molar-refractivity contribution in [2.24, 2.45) is 0 Å². The van der Waals surface area contributed by atoms with Crippen LogP contribution in [0, 0.1) is 0 Å². The lowest BCUT2D eigenvalue weighted by Crippen LogP contribution is -2.06. The van der Waals surface area contributed by atoms with Gasteiger partial charge in [0.15, 0.2) is 11.5 Å². The summed E-state index contributed by atoms with van der Waals surface area (Å²) in [7, 11) is 0.0505. The molecule has 0 spiro atoms. The average molecular weight is 367 g/mol. The second kappa shape index (κ2) is 7.28. The number of rotatable bonds is 7. The number of aliphatic hydroxyl groups excluding tert-OH is 1. The molecule has 1 atom stereocenters. The van der Waals surface area contributed by atoms with Gasteiger partial charge in [0.25, 0.3) is 0 Å². The molecule has 0 aliphatic heterocycles. The van der Waals surface area contributed by atoms with E-state index in [1.165, 1.54) is 20.5 Å². The van der Waals surface area contributed by atoms with Crippen LogP contribution in [0.5, 0.6) is 11.5 Å². The van der Waals surface area contributed by atoms with Gasteiger partial charge in [0.1, 0.15) is 9.84 Å². The molecular weight excluding hydrogens is 348 g/mol. The molecule has 1 aromatic carbocycles. The molecular formula is C13H19BrO5S. The molecule has 7 heteroatoms. The number of ether oxygens (including phenoxy) is 2. The first-order valence-electron chi connectivity index (χ1n) is 6.05. The van der Waals surface area contributed by atoms with Crippen molar-refractivity contribution in [3.8, 4) is 11.5 Å². The Bertz CT molecular complexity index is 556. The SMILES string of the molecule is COc1cc(Br)c(C(O)CCCS(C)(=O)=O)cc1OC. The average Bonchev–Trinajstić information content (AvgIpc) is 2.36. The molecule has 0 aliphatic rings. The molecule has 0 heterocycles. The lowest BCUT2D eigenvalue weighted by Gasteiger charge is -2.16. The highest BCUT2D eigenvalue weighted by molar-refractivity contribution is 9.10. The van der Waals surface area contributed by atoms with Crippen LogP contribution in [0.2, 0.25) is 0 Å². The van der Waals surface area contributed by atoms with Crippen molar-refractivity contribution in [1.29, 1.82) is 0 Å². The fourth-order valence-electron chi connectivity index (χ4n) is 1.82. The topological polar surface area (TPSA) is 72.8 Å². The Balaban J connectivity index is 2.84. The lowest BCUT2D eigenvalue weighted by atomic mass is 10.0. The third-order valence-electron chi connectivity index (χ3n) is 2.85. The van der Waals surface area contributed by atoms with Crippen molar-refractivity contribution in [2.45, 2.75) is 18.9 Å². The van der Waals surface area contributed by atoms with E-state index >= 15 is 0 Å². The van der Waals surface area contributed by atoms with Crippen LogP contribution in [0.15, 0.2) is 16.6 Å². The van der Waals surface area contributed by atoms with Crippen LogP contribution in [-0.4, -0.2) is 39.8 Å². The Morgan fingerprint density at radius 2 is 1.80 bits per heavy atom. The summed E-state index contributed by atoms with van der Waals surface area (Å²) in [5.74, 6) is 1.15. The molecule has 0 bridgehead atoms. The van der Waals surface area contributed by atoms with Gasteiger partial charge in [-0.2, -0.15) is 0 Å². The van der Waals surface area contributed by atoms with Crippen LogP contribution in [0.4, 0.5) is 0 Å². The first-order valence-corrected chi connectivity index (χ1v) is 8.91. The minimum absolute atomic E-state index is 0.0645. The molecule has 1 rings (SSSR count). The normalized spacial score (nSPS) is 13.1. The zero-order chi connectivity index (χ0) is 15.3. The second-order valence-electron chi connectivity index (χ2n) is 4.52. The van der Waals surface area contributed by atoms with Crippen LogP contribution < -0.4 is 9.47 Å². The first-order chi connectivity index (χ1) is 9.28. The third kappa shape index (κ3) is 4.96. The maximum absolute atomic E-state index is 11.1. The van der Waals surface area contributed by atoms with Gasteiger partial charge in [-0.05, 0) is 30.5 Å². The molecule has 1 aromatic rings. The van der Waals surface area contributed by atoms with E-state index in [9.17, 15) is 13.5 Å². The Kier molecular flexibility index (Phi) is 6.29. The number of hydrogen-bond acceptors (Lipinski definition) is 5. The van der Waals surface area contributed by atoms with Gasteiger partial charge in [0, 0.05) is 16.5 Å². The van der Waals surface area contributed by atoms with E-state index in [0.717, 1.165) is 0 Å². The van der Waals surface area contributed by atoms with Gasteiger partial charge in [-0.1, -0.05) is 15.9 Å². The Morgan fingerprint density at radius 3 is 2.30 bits per heavy atom. The van der Waals surface area contributed by atoms with E-state index in [-0.39, 0.29) is 5.75 Å². The van der Waals surface area contributed by atoms with Gasteiger partial charge in [-0.25, -0.2) is 8.42 Å². The quantitative estimate of drug-likeness (QED) is 0.801. The third-order valence-corrected chi connectivity index (χ3v) is 4.57. The number of halogens is 1. The summed E-state index contributed by atoms with van der Waals surface area (Å²) in [6.07, 6.45) is 1.19. The summed E-state index contributed by atoms with van der Waals surface area (Å²) in [6.45, 7) is 0. The number of methoxy groups -OCH3 is 2. The maximum atomic E-state index is 11.1. The zero-order valence-corrected chi connectivity index (χ0v) is 14.1. The molecule has 1 N–H and O–H groups in total. The number of hydrogen-bond donors (Lipinski definition) is 1. The van der Waals surface area contributed by atoms with E-state index in [4.69, 9.17) is 9.47 Å². The highest BCUT2D eigenvalue weighted by Crippen LogP contribution is 2.37. The van der Waals surface area contributed by atoms with E-state index in [0.29, 0.717) is 34.4 Å². The van der Waals surface area contributed by atoms with Crippen molar-refractivity contribution in [1.82, 2.24) is 0 Å². The van der Waals surface area contributed by atoms with Crippen molar-refractivity contribution >= 4 is 25.8 Å². The minimum Gasteiger partial charge on any atom is -0.493 e. The molecule has 0 fully saturated rings. The first kappa shape index (κ1) is 17.3. The maximum Gasteiger partial charge on any atom is 0.161 e. The molecule has 114 valence electrons. The van der Waals surface area contributed by atoms with E-state index in [1.807, 2.05) is 0 Å². The van der Waals surface area contributed by atoms with Gasteiger partial charge in [0.2, 0.25) is 0 Å². The van der Waals surface area contributed by atoms with Gasteiger partial charge in [0.05, 0.1) is 20.3 Å². The van der Waals surface area contributed by atoms with E-state index in [1.54, 1.807) is 12.1 Å². The monoisotopic (exact) mass is 366 g/mol. The molecule has 5 nitrogen and oxygen atoms in total. The predicted molar refractivity (Wildman–Crippen MR) is 81.2 cm³/mol. The summed E-state index contributed by atoms with van der Waals surface area (Å²) in [5.41, 5.74) is 0.649. The minimum atomic E-state index is -3.00. The smallest absolute Gasteiger partial charge is 0.161 e. The van der Waals surface area contributed by atoms with Gasteiger partial charge in [-0.15, -0.1) is 0 Å². The van der Waals surface area contributed by atoms with Crippen LogP contribution in [0.25, 0.3) is 0 Å². The molecule has 0 radical (unpaired) electrons. The van der Waals surface area contributed by atoms with Crippen LogP contribution in [-0.2, 0) is 9.84 Å². The molecule has 0 aliphatic carbocycles. The van der Waals surface area contributed by atoms with Gasteiger partial charge >= 0.3 is 0 Å². The molecule has 20 heavy (non-hydrogen) atoms. The summed E-state index contributed by atoms with van der Waals surface area (Å²) >= 11 is 3.37. The van der Waals surface area contributed by atoms with E-state index < -0.39 is 15.9 Å². The van der Waals surface area contributed by atoms with Crippen molar-refractivity contribution in [2.75, 3.05) is 26.2 Å². The molecule has 0 amide bonds. The number of sulfone groups is 1. The summed E-state index contributed by atoms with van der Waals surface area (Å²) in [6, 6.07) is 3.40. The van der Waals surface area contributed by atoms with Gasteiger partial charge in [-0.3, -0.25) is 0 Å². The Labute approximate surface area is 128 Å². The van der Waals surface area contributed by atoms with E-state index in [2.05, 4.69) is 15.9 Å².